The zero-order chi connectivity index (χ0) is 15.6. The van der Waals surface area contributed by atoms with Gasteiger partial charge in [-0.05, 0) is 44.9 Å². The molecule has 1 aromatic rings. The highest BCUT2D eigenvalue weighted by molar-refractivity contribution is 6.28. The van der Waals surface area contributed by atoms with E-state index in [0.717, 1.165) is 12.2 Å². The molecule has 1 aliphatic rings. The van der Waals surface area contributed by atoms with Crippen LogP contribution in [0.3, 0.4) is 0 Å². The Morgan fingerprint density at radius 2 is 2.24 bits per heavy atom. The smallest absolute Gasteiger partial charge is 0.410 e. The maximum absolute atomic E-state index is 12.1. The van der Waals surface area contributed by atoms with Gasteiger partial charge in [-0.25, -0.2) is 14.8 Å². The van der Waals surface area contributed by atoms with Crippen LogP contribution in [0.2, 0.25) is 5.28 Å². The number of anilines is 1. The second-order valence-electron chi connectivity index (χ2n) is 6.16. The molecule has 1 aliphatic heterocycles. The Morgan fingerprint density at radius 1 is 1.52 bits per heavy atom. The zero-order valence-electron chi connectivity index (χ0n) is 12.8. The van der Waals surface area contributed by atoms with Crippen molar-refractivity contribution in [3.63, 3.8) is 0 Å². The summed E-state index contributed by atoms with van der Waals surface area (Å²) in [6.07, 6.45) is 2.23. The molecule has 6 nitrogen and oxygen atoms in total. The average molecular weight is 313 g/mol. The highest BCUT2D eigenvalue weighted by atomic mass is 35.5. The van der Waals surface area contributed by atoms with Gasteiger partial charge in [0, 0.05) is 32.4 Å². The fraction of sp³-hybridized carbons (Fsp3) is 0.643. The predicted molar refractivity (Wildman–Crippen MR) is 81.7 cm³/mol. The van der Waals surface area contributed by atoms with Crippen molar-refractivity contribution in [1.82, 2.24) is 14.9 Å². The molecule has 0 aromatic carbocycles. The van der Waals surface area contributed by atoms with E-state index in [-0.39, 0.29) is 17.4 Å². The van der Waals surface area contributed by atoms with Gasteiger partial charge in [0.2, 0.25) is 5.28 Å². The third-order valence-corrected chi connectivity index (χ3v) is 3.52. The van der Waals surface area contributed by atoms with Gasteiger partial charge in [0.25, 0.3) is 0 Å². The lowest BCUT2D eigenvalue weighted by atomic mass is 10.2. The summed E-state index contributed by atoms with van der Waals surface area (Å²) < 4.78 is 5.40. The van der Waals surface area contributed by atoms with Crippen LogP contribution in [0.1, 0.15) is 27.2 Å². The summed E-state index contributed by atoms with van der Waals surface area (Å²) in [7, 11) is 1.95. The molecule has 1 atom stereocenters. The Hall–Kier alpha value is -1.56. The molecule has 0 radical (unpaired) electrons. The minimum atomic E-state index is -0.471. The van der Waals surface area contributed by atoms with Crippen LogP contribution in [0, 0.1) is 0 Å². The van der Waals surface area contributed by atoms with Crippen molar-refractivity contribution in [2.75, 3.05) is 25.0 Å². The molecule has 1 amide bonds. The number of carbonyl (C=O) groups excluding carboxylic acids is 1. The number of aromatic nitrogens is 2. The third kappa shape index (κ3) is 4.20. The van der Waals surface area contributed by atoms with Crippen LogP contribution in [0.25, 0.3) is 0 Å². The molecule has 0 saturated carbocycles. The van der Waals surface area contributed by atoms with Crippen molar-refractivity contribution >= 4 is 23.5 Å². The van der Waals surface area contributed by atoms with E-state index >= 15 is 0 Å². The number of halogens is 1. The van der Waals surface area contributed by atoms with E-state index in [1.54, 1.807) is 11.1 Å². The molecule has 2 rings (SSSR count). The highest BCUT2D eigenvalue weighted by Gasteiger charge is 2.32. The molecule has 21 heavy (non-hydrogen) atoms. The van der Waals surface area contributed by atoms with Crippen molar-refractivity contribution in [3.05, 3.63) is 17.5 Å². The van der Waals surface area contributed by atoms with Gasteiger partial charge in [-0.1, -0.05) is 0 Å². The Morgan fingerprint density at radius 3 is 2.86 bits per heavy atom. The minimum absolute atomic E-state index is 0.198. The number of amides is 1. The zero-order valence-corrected chi connectivity index (χ0v) is 13.6. The molecule has 0 N–H and O–H groups in total. The van der Waals surface area contributed by atoms with Crippen molar-refractivity contribution in [3.8, 4) is 0 Å². The fourth-order valence-electron chi connectivity index (χ4n) is 2.26. The average Bonchev–Trinajstić information content (AvgIpc) is 2.85. The topological polar surface area (TPSA) is 58.6 Å². The maximum Gasteiger partial charge on any atom is 0.410 e. The molecular formula is C14H21ClN4O2. The molecule has 0 unspecified atom stereocenters. The lowest BCUT2D eigenvalue weighted by molar-refractivity contribution is 0.0292. The number of nitrogens with zero attached hydrogens (tertiary/aromatic N) is 4. The Labute approximate surface area is 130 Å². The monoisotopic (exact) mass is 312 g/mol. The lowest BCUT2D eigenvalue weighted by Gasteiger charge is -2.27. The van der Waals surface area contributed by atoms with Gasteiger partial charge in [-0.2, -0.15) is 0 Å². The number of hydrogen-bond acceptors (Lipinski definition) is 5. The summed E-state index contributed by atoms with van der Waals surface area (Å²) in [6.45, 7) is 6.91. The molecule has 0 aliphatic carbocycles. The summed E-state index contributed by atoms with van der Waals surface area (Å²) in [5, 5.41) is 0.223. The summed E-state index contributed by atoms with van der Waals surface area (Å²) in [6, 6.07) is 2.01. The number of rotatable bonds is 2. The van der Waals surface area contributed by atoms with Crippen LogP contribution in [-0.4, -0.2) is 52.7 Å². The quantitative estimate of drug-likeness (QED) is 0.786. The normalized spacial score (nSPS) is 18.7. The molecule has 2 heterocycles. The van der Waals surface area contributed by atoms with E-state index in [1.165, 1.54) is 0 Å². The van der Waals surface area contributed by atoms with Crippen LogP contribution in [-0.2, 0) is 4.74 Å². The first kappa shape index (κ1) is 15.8. The molecule has 7 heteroatoms. The van der Waals surface area contributed by atoms with Gasteiger partial charge in [-0.15, -0.1) is 0 Å². The largest absolute Gasteiger partial charge is 0.444 e. The number of ether oxygens (including phenoxy) is 1. The van der Waals surface area contributed by atoms with Crippen LogP contribution < -0.4 is 4.90 Å². The van der Waals surface area contributed by atoms with Crippen LogP contribution in [0.4, 0.5) is 10.6 Å². The lowest BCUT2D eigenvalue weighted by Crippen LogP contribution is -2.39. The van der Waals surface area contributed by atoms with Gasteiger partial charge in [-0.3, -0.25) is 0 Å². The van der Waals surface area contributed by atoms with E-state index in [9.17, 15) is 4.79 Å². The number of hydrogen-bond donors (Lipinski definition) is 0. The molecule has 116 valence electrons. The summed E-state index contributed by atoms with van der Waals surface area (Å²) in [5.41, 5.74) is -0.471. The SMILES string of the molecule is CN(c1ccnc(Cl)n1)[C@H]1CCN(C(=O)OC(C)(C)C)C1. The molecule has 1 saturated heterocycles. The molecule has 1 aromatic heterocycles. The van der Waals surface area contributed by atoms with Crippen LogP contribution in [0.15, 0.2) is 12.3 Å². The van der Waals surface area contributed by atoms with Crippen LogP contribution in [0.5, 0.6) is 0 Å². The van der Waals surface area contributed by atoms with E-state index in [4.69, 9.17) is 16.3 Å². The first-order valence-corrected chi connectivity index (χ1v) is 7.33. The van der Waals surface area contributed by atoms with E-state index < -0.39 is 5.60 Å². The van der Waals surface area contributed by atoms with Crippen LogP contribution >= 0.6 is 11.6 Å². The van der Waals surface area contributed by atoms with E-state index in [1.807, 2.05) is 38.8 Å². The Bertz CT molecular complexity index is 518. The van der Waals surface area contributed by atoms with Crippen molar-refractivity contribution in [1.29, 1.82) is 0 Å². The van der Waals surface area contributed by atoms with Crippen molar-refractivity contribution in [2.45, 2.75) is 38.8 Å². The Kier molecular flexibility index (Phi) is 4.56. The first-order chi connectivity index (χ1) is 9.76. The second-order valence-corrected chi connectivity index (χ2v) is 6.50. The minimum Gasteiger partial charge on any atom is -0.444 e. The van der Waals surface area contributed by atoms with Gasteiger partial charge in [0.05, 0.1) is 0 Å². The third-order valence-electron chi connectivity index (χ3n) is 3.34. The van der Waals surface area contributed by atoms with Gasteiger partial charge in [0.15, 0.2) is 0 Å². The number of likely N-dealkylation sites (N-methyl/N-ethyl adjacent to an activating group) is 1. The van der Waals surface area contributed by atoms with Gasteiger partial charge < -0.3 is 14.5 Å². The van der Waals surface area contributed by atoms with E-state index in [2.05, 4.69) is 9.97 Å². The number of likely N-dealkylation sites (tertiary alicyclic amines) is 1. The highest BCUT2D eigenvalue weighted by Crippen LogP contribution is 2.22. The second kappa shape index (κ2) is 6.05. The maximum atomic E-state index is 12.1. The predicted octanol–water partition coefficient (Wildman–Crippen LogP) is 2.58. The molecule has 0 spiro atoms. The van der Waals surface area contributed by atoms with Crippen molar-refractivity contribution < 1.29 is 9.53 Å². The van der Waals surface area contributed by atoms with E-state index in [0.29, 0.717) is 13.1 Å². The first-order valence-electron chi connectivity index (χ1n) is 6.95. The number of carbonyl (C=O) groups is 1. The van der Waals surface area contributed by atoms with Gasteiger partial charge in [0.1, 0.15) is 11.4 Å². The summed E-state index contributed by atoms with van der Waals surface area (Å²) in [4.78, 5) is 23.9. The summed E-state index contributed by atoms with van der Waals surface area (Å²) in [5.74, 6) is 0.756. The molecule has 1 fully saturated rings. The van der Waals surface area contributed by atoms with Crippen molar-refractivity contribution in [2.24, 2.45) is 0 Å². The fourth-order valence-corrected chi connectivity index (χ4v) is 2.40. The molecular weight excluding hydrogens is 292 g/mol. The summed E-state index contributed by atoms with van der Waals surface area (Å²) >= 11 is 5.81. The molecule has 0 bridgehead atoms. The Balaban J connectivity index is 1.97. The standard InChI is InChI=1S/C14H21ClN4O2/c1-14(2,3)21-13(20)19-8-6-10(9-19)18(4)11-5-7-16-12(15)17-11/h5,7,10H,6,8-9H2,1-4H3/t10-/m0/s1. The van der Waals surface area contributed by atoms with Gasteiger partial charge >= 0.3 is 6.09 Å².